The Kier molecular flexibility index (Phi) is 7.89. The van der Waals surface area contributed by atoms with Gasteiger partial charge in [0.1, 0.15) is 5.75 Å². The first-order valence-corrected chi connectivity index (χ1v) is 10.9. The van der Waals surface area contributed by atoms with Gasteiger partial charge in [-0.3, -0.25) is 9.59 Å². The lowest BCUT2D eigenvalue weighted by Gasteiger charge is -2.34. The molecule has 0 saturated carbocycles. The number of carbonyl (C=O) groups excluding carboxylic acids is 2. The minimum atomic E-state index is -0.210. The lowest BCUT2D eigenvalue weighted by atomic mass is 10.1. The first-order valence-electron chi connectivity index (χ1n) is 10.9. The molecule has 7 heteroatoms. The van der Waals surface area contributed by atoms with Gasteiger partial charge in [-0.05, 0) is 44.0 Å². The van der Waals surface area contributed by atoms with Crippen molar-refractivity contribution < 1.29 is 19.2 Å². The number of benzene rings is 2. The van der Waals surface area contributed by atoms with E-state index in [1.54, 1.807) is 0 Å². The molecule has 0 aliphatic carbocycles. The van der Waals surface area contributed by atoms with E-state index in [0.29, 0.717) is 13.2 Å². The summed E-state index contributed by atoms with van der Waals surface area (Å²) in [7, 11) is 0. The summed E-state index contributed by atoms with van der Waals surface area (Å²) in [5, 5.41) is 5.65. The van der Waals surface area contributed by atoms with E-state index < -0.39 is 0 Å². The van der Waals surface area contributed by atoms with Crippen molar-refractivity contribution in [1.82, 2.24) is 5.32 Å². The number of hydrogen-bond donors (Lipinski definition) is 3. The van der Waals surface area contributed by atoms with E-state index in [9.17, 15) is 9.59 Å². The SMILES string of the molecule is CCOc1ccccc1N1CC[NH+](CC(=O)NCC(=O)Nc2c(C)cccc2C)CC1. The molecule has 31 heavy (non-hydrogen) atoms. The van der Waals surface area contributed by atoms with Crippen LogP contribution in [0.2, 0.25) is 0 Å². The predicted molar refractivity (Wildman–Crippen MR) is 123 cm³/mol. The first kappa shape index (κ1) is 22.6. The molecule has 1 saturated heterocycles. The van der Waals surface area contributed by atoms with Crippen LogP contribution in [0.4, 0.5) is 11.4 Å². The maximum atomic E-state index is 12.3. The summed E-state index contributed by atoms with van der Waals surface area (Å²) in [6, 6.07) is 13.9. The molecule has 2 aromatic rings. The molecule has 3 rings (SSSR count). The fraction of sp³-hybridized carbons (Fsp3) is 0.417. The van der Waals surface area contributed by atoms with Gasteiger partial charge in [0.25, 0.3) is 5.91 Å². The average Bonchev–Trinajstić information content (AvgIpc) is 2.76. The molecule has 2 aromatic carbocycles. The summed E-state index contributed by atoms with van der Waals surface area (Å²) in [5.41, 5.74) is 3.94. The quantitative estimate of drug-likeness (QED) is 0.594. The number of hydrogen-bond acceptors (Lipinski definition) is 4. The van der Waals surface area contributed by atoms with Crippen LogP contribution < -0.4 is 25.2 Å². The third-order valence-electron chi connectivity index (χ3n) is 5.58. The molecular formula is C24H33N4O3+. The largest absolute Gasteiger partial charge is 0.492 e. The van der Waals surface area contributed by atoms with Crippen molar-refractivity contribution in [3.63, 3.8) is 0 Å². The Morgan fingerprint density at radius 2 is 1.68 bits per heavy atom. The number of rotatable bonds is 8. The minimum Gasteiger partial charge on any atom is -0.492 e. The highest BCUT2D eigenvalue weighted by molar-refractivity contribution is 5.95. The zero-order valence-electron chi connectivity index (χ0n) is 18.7. The van der Waals surface area contributed by atoms with Crippen LogP contribution in [0.5, 0.6) is 5.75 Å². The maximum Gasteiger partial charge on any atom is 0.275 e. The van der Waals surface area contributed by atoms with Crippen LogP contribution in [-0.4, -0.2) is 57.7 Å². The standard InChI is InChI=1S/C24H32N4O3/c1-4-31-21-11-6-5-10-20(21)28-14-12-27(13-15-28)17-23(30)25-16-22(29)26-24-18(2)8-7-9-19(24)3/h5-11H,4,12-17H2,1-3H3,(H,25,30)(H,26,29)/p+1. The van der Waals surface area contributed by atoms with E-state index in [1.165, 1.54) is 4.90 Å². The summed E-state index contributed by atoms with van der Waals surface area (Å²) in [4.78, 5) is 28.1. The fourth-order valence-corrected chi connectivity index (χ4v) is 3.90. The Morgan fingerprint density at radius 3 is 2.35 bits per heavy atom. The van der Waals surface area contributed by atoms with E-state index in [2.05, 4.69) is 21.6 Å². The molecule has 0 bridgehead atoms. The summed E-state index contributed by atoms with van der Waals surface area (Å²) in [6.45, 7) is 10.3. The molecule has 7 nitrogen and oxygen atoms in total. The van der Waals surface area contributed by atoms with Crippen LogP contribution >= 0.6 is 0 Å². The van der Waals surface area contributed by atoms with E-state index in [1.807, 2.05) is 57.2 Å². The predicted octanol–water partition coefficient (Wildman–Crippen LogP) is 1.16. The average molecular weight is 426 g/mol. The first-order chi connectivity index (χ1) is 15.0. The van der Waals surface area contributed by atoms with E-state index in [-0.39, 0.29) is 18.4 Å². The lowest BCUT2D eigenvalue weighted by molar-refractivity contribution is -0.892. The molecule has 0 aromatic heterocycles. The Bertz CT molecular complexity index is 887. The molecule has 2 amide bonds. The molecule has 1 aliphatic heterocycles. The lowest BCUT2D eigenvalue weighted by Crippen LogP contribution is -3.16. The number of aryl methyl sites for hydroxylation is 2. The molecule has 0 atom stereocenters. The van der Waals surface area contributed by atoms with Gasteiger partial charge in [0, 0.05) is 5.69 Å². The second kappa shape index (κ2) is 10.8. The Balaban J connectivity index is 1.43. The fourth-order valence-electron chi connectivity index (χ4n) is 3.90. The summed E-state index contributed by atoms with van der Waals surface area (Å²) >= 11 is 0. The second-order valence-corrected chi connectivity index (χ2v) is 7.91. The van der Waals surface area contributed by atoms with Crippen molar-refractivity contribution in [3.8, 4) is 5.75 Å². The zero-order valence-corrected chi connectivity index (χ0v) is 18.7. The van der Waals surface area contributed by atoms with Crippen LogP contribution in [0.15, 0.2) is 42.5 Å². The van der Waals surface area contributed by atoms with Crippen LogP contribution in [-0.2, 0) is 9.59 Å². The highest BCUT2D eigenvalue weighted by atomic mass is 16.5. The Morgan fingerprint density at radius 1 is 1.00 bits per heavy atom. The van der Waals surface area contributed by atoms with Crippen LogP contribution in [0.3, 0.4) is 0 Å². The molecule has 3 N–H and O–H groups in total. The highest BCUT2D eigenvalue weighted by Gasteiger charge is 2.24. The third-order valence-corrected chi connectivity index (χ3v) is 5.58. The zero-order chi connectivity index (χ0) is 22.2. The van der Waals surface area contributed by atoms with Gasteiger partial charge >= 0.3 is 0 Å². The molecule has 0 spiro atoms. The number of piperazine rings is 1. The summed E-state index contributed by atoms with van der Waals surface area (Å²) < 4.78 is 5.74. The Hall–Kier alpha value is -3.06. The number of para-hydroxylation sites is 3. The maximum absolute atomic E-state index is 12.3. The highest BCUT2D eigenvalue weighted by Crippen LogP contribution is 2.27. The van der Waals surface area contributed by atoms with Gasteiger partial charge in [-0.25, -0.2) is 0 Å². The van der Waals surface area contributed by atoms with Gasteiger partial charge in [0.15, 0.2) is 6.54 Å². The number of nitrogens with zero attached hydrogens (tertiary/aromatic N) is 1. The smallest absolute Gasteiger partial charge is 0.275 e. The summed E-state index contributed by atoms with van der Waals surface area (Å²) in [6.07, 6.45) is 0. The van der Waals surface area contributed by atoms with Crippen LogP contribution in [0.25, 0.3) is 0 Å². The van der Waals surface area contributed by atoms with E-state index >= 15 is 0 Å². The topological polar surface area (TPSA) is 75.1 Å². The van der Waals surface area contributed by atoms with Gasteiger partial charge in [0.05, 0.1) is 45.0 Å². The molecule has 1 fully saturated rings. The van der Waals surface area contributed by atoms with Crippen molar-refractivity contribution in [3.05, 3.63) is 53.6 Å². The minimum absolute atomic E-state index is 0.0201. The second-order valence-electron chi connectivity index (χ2n) is 7.91. The van der Waals surface area contributed by atoms with Gasteiger partial charge in [-0.15, -0.1) is 0 Å². The van der Waals surface area contributed by atoms with Crippen molar-refractivity contribution in [2.45, 2.75) is 20.8 Å². The van der Waals surface area contributed by atoms with E-state index in [0.717, 1.165) is 54.4 Å². The molecular weight excluding hydrogens is 392 g/mol. The molecule has 1 aliphatic rings. The van der Waals surface area contributed by atoms with Gasteiger partial charge < -0.3 is 25.2 Å². The molecule has 0 radical (unpaired) electrons. The molecule has 166 valence electrons. The van der Waals surface area contributed by atoms with Gasteiger partial charge in [-0.1, -0.05) is 30.3 Å². The number of amides is 2. The van der Waals surface area contributed by atoms with Crippen molar-refractivity contribution >= 4 is 23.2 Å². The van der Waals surface area contributed by atoms with E-state index in [4.69, 9.17) is 4.74 Å². The van der Waals surface area contributed by atoms with Crippen molar-refractivity contribution in [2.75, 3.05) is 56.1 Å². The molecule has 0 unspecified atom stereocenters. The third kappa shape index (κ3) is 6.21. The monoisotopic (exact) mass is 425 g/mol. The normalized spacial score (nSPS) is 14.2. The number of quaternary nitrogens is 1. The van der Waals surface area contributed by atoms with Gasteiger partial charge in [-0.2, -0.15) is 0 Å². The number of ether oxygens (including phenoxy) is 1. The Labute approximate surface area is 184 Å². The van der Waals surface area contributed by atoms with Gasteiger partial charge in [0.2, 0.25) is 5.91 Å². The number of carbonyl (C=O) groups is 2. The van der Waals surface area contributed by atoms with Crippen LogP contribution in [0, 0.1) is 13.8 Å². The summed E-state index contributed by atoms with van der Waals surface area (Å²) in [5.74, 6) is 0.592. The molecule has 1 heterocycles. The van der Waals surface area contributed by atoms with Crippen LogP contribution in [0.1, 0.15) is 18.1 Å². The van der Waals surface area contributed by atoms with Crippen molar-refractivity contribution in [2.24, 2.45) is 0 Å². The van der Waals surface area contributed by atoms with Crippen molar-refractivity contribution in [1.29, 1.82) is 0 Å². The number of anilines is 2. The number of nitrogens with one attached hydrogen (secondary N) is 3.